The highest BCUT2D eigenvalue weighted by molar-refractivity contribution is 6.42. The highest BCUT2D eigenvalue weighted by atomic mass is 35.5. The first-order chi connectivity index (χ1) is 8.88. The molecule has 0 atom stereocenters. The predicted octanol–water partition coefficient (Wildman–Crippen LogP) is 3.20. The molecule has 102 valence electrons. The van der Waals surface area contributed by atoms with E-state index in [0.29, 0.717) is 5.02 Å². The number of rotatable bonds is 2. The number of amides is 2. The number of carbonyl (C=O) groups is 2. The number of nitrogens with one attached hydrogen (secondary N) is 1. The van der Waals surface area contributed by atoms with E-state index in [-0.39, 0.29) is 28.8 Å². The second kappa shape index (κ2) is 5.45. The van der Waals surface area contributed by atoms with Gasteiger partial charge in [-0.3, -0.25) is 4.79 Å². The second-order valence-electron chi connectivity index (χ2n) is 4.11. The molecule has 1 fully saturated rings. The average molecular weight is 324 g/mol. The van der Waals surface area contributed by atoms with E-state index in [2.05, 4.69) is 5.32 Å². The van der Waals surface area contributed by atoms with Gasteiger partial charge in [0, 0.05) is 18.1 Å². The first-order valence-corrected chi connectivity index (χ1v) is 6.45. The number of hydrogen-bond acceptors (Lipinski definition) is 2. The zero-order chi connectivity index (χ0) is 14.2. The first-order valence-electron chi connectivity index (χ1n) is 5.31. The van der Waals surface area contributed by atoms with Crippen LogP contribution in [0.25, 0.3) is 0 Å². The highest BCUT2D eigenvalue weighted by Gasteiger charge is 2.35. The van der Waals surface area contributed by atoms with Crippen molar-refractivity contribution in [3.63, 3.8) is 0 Å². The lowest BCUT2D eigenvalue weighted by Crippen LogP contribution is -2.54. The maximum Gasteiger partial charge on any atom is 0.321 e. The monoisotopic (exact) mass is 322 g/mol. The number of carbonyl (C=O) groups excluding carboxylic acids is 1. The Morgan fingerprint density at radius 2 is 1.74 bits per heavy atom. The van der Waals surface area contributed by atoms with Crippen LogP contribution in [0.2, 0.25) is 15.1 Å². The number of anilines is 1. The van der Waals surface area contributed by atoms with Crippen LogP contribution in [-0.2, 0) is 4.79 Å². The zero-order valence-corrected chi connectivity index (χ0v) is 11.8. The molecule has 0 spiro atoms. The Bertz CT molecular complexity index is 521. The summed E-state index contributed by atoms with van der Waals surface area (Å²) in [7, 11) is 0. The van der Waals surface area contributed by atoms with Gasteiger partial charge >= 0.3 is 12.0 Å². The highest BCUT2D eigenvalue weighted by Crippen LogP contribution is 2.34. The molecule has 1 saturated heterocycles. The van der Waals surface area contributed by atoms with Crippen LogP contribution in [0.1, 0.15) is 0 Å². The lowest BCUT2D eigenvalue weighted by molar-refractivity contribution is -0.145. The molecule has 1 aliphatic rings. The van der Waals surface area contributed by atoms with Crippen LogP contribution in [0, 0.1) is 5.92 Å². The van der Waals surface area contributed by atoms with Gasteiger partial charge in [0.15, 0.2) is 0 Å². The van der Waals surface area contributed by atoms with Crippen molar-refractivity contribution in [2.24, 2.45) is 5.92 Å². The normalized spacial score (nSPS) is 15.0. The number of likely N-dealkylation sites (tertiary alicyclic amines) is 1. The topological polar surface area (TPSA) is 69.6 Å². The summed E-state index contributed by atoms with van der Waals surface area (Å²) in [5.41, 5.74) is 0.261. The van der Waals surface area contributed by atoms with Crippen LogP contribution in [0.15, 0.2) is 12.1 Å². The summed E-state index contributed by atoms with van der Waals surface area (Å²) in [5, 5.41) is 12.1. The van der Waals surface area contributed by atoms with E-state index in [1.165, 1.54) is 17.0 Å². The zero-order valence-electron chi connectivity index (χ0n) is 9.49. The van der Waals surface area contributed by atoms with Gasteiger partial charge in [0.1, 0.15) is 0 Å². The molecule has 1 heterocycles. The molecule has 0 aromatic heterocycles. The fraction of sp³-hybridized carbons (Fsp3) is 0.273. The van der Waals surface area contributed by atoms with Crippen LogP contribution < -0.4 is 5.32 Å². The van der Waals surface area contributed by atoms with Crippen molar-refractivity contribution in [2.75, 3.05) is 18.4 Å². The Hall–Kier alpha value is -1.17. The van der Waals surface area contributed by atoms with Crippen molar-refractivity contribution in [1.29, 1.82) is 0 Å². The van der Waals surface area contributed by atoms with Gasteiger partial charge in [-0.2, -0.15) is 0 Å². The number of nitrogens with zero attached hydrogens (tertiary/aromatic N) is 1. The number of carboxylic acid groups (broad SMARTS) is 1. The smallest absolute Gasteiger partial charge is 0.321 e. The lowest BCUT2D eigenvalue weighted by atomic mass is 10.0. The molecule has 2 rings (SSSR count). The third-order valence-electron chi connectivity index (χ3n) is 2.76. The van der Waals surface area contributed by atoms with Gasteiger partial charge in [-0.1, -0.05) is 34.8 Å². The molecule has 1 aromatic rings. The molecule has 8 heteroatoms. The van der Waals surface area contributed by atoms with E-state index in [1.54, 1.807) is 0 Å². The van der Waals surface area contributed by atoms with Crippen molar-refractivity contribution in [3.8, 4) is 0 Å². The van der Waals surface area contributed by atoms with Crippen LogP contribution in [0.3, 0.4) is 0 Å². The minimum Gasteiger partial charge on any atom is -0.481 e. The predicted molar refractivity (Wildman–Crippen MR) is 73.2 cm³/mol. The Balaban J connectivity index is 2.03. The third kappa shape index (κ3) is 3.05. The number of halogens is 3. The minimum atomic E-state index is -0.911. The summed E-state index contributed by atoms with van der Waals surface area (Å²) in [4.78, 5) is 23.8. The van der Waals surface area contributed by atoms with Gasteiger partial charge in [0.05, 0.1) is 21.7 Å². The van der Waals surface area contributed by atoms with Crippen molar-refractivity contribution < 1.29 is 14.7 Å². The molecule has 1 aliphatic heterocycles. The van der Waals surface area contributed by atoms with E-state index in [0.717, 1.165) is 0 Å². The second-order valence-corrected chi connectivity index (χ2v) is 5.37. The SMILES string of the molecule is O=C(O)C1CN(C(=O)Nc2c(Cl)cc(Cl)cc2Cl)C1. The number of aliphatic carboxylic acids is 1. The maximum atomic E-state index is 11.8. The van der Waals surface area contributed by atoms with Crippen LogP contribution in [0.5, 0.6) is 0 Å². The van der Waals surface area contributed by atoms with Gasteiger partial charge in [0.25, 0.3) is 0 Å². The number of benzene rings is 1. The van der Waals surface area contributed by atoms with E-state index in [9.17, 15) is 9.59 Å². The van der Waals surface area contributed by atoms with Gasteiger partial charge in [0.2, 0.25) is 0 Å². The average Bonchev–Trinajstić information content (AvgIpc) is 2.20. The van der Waals surface area contributed by atoms with Gasteiger partial charge in [-0.05, 0) is 12.1 Å². The Morgan fingerprint density at radius 1 is 1.21 bits per heavy atom. The first kappa shape index (κ1) is 14.2. The molecule has 2 amide bonds. The van der Waals surface area contributed by atoms with Gasteiger partial charge in [-0.15, -0.1) is 0 Å². The molecule has 0 saturated carbocycles. The quantitative estimate of drug-likeness (QED) is 0.878. The Kier molecular flexibility index (Phi) is 4.08. The summed E-state index contributed by atoms with van der Waals surface area (Å²) in [6.07, 6.45) is 0. The van der Waals surface area contributed by atoms with E-state index in [4.69, 9.17) is 39.9 Å². The van der Waals surface area contributed by atoms with Crippen molar-refractivity contribution in [3.05, 3.63) is 27.2 Å². The van der Waals surface area contributed by atoms with E-state index >= 15 is 0 Å². The van der Waals surface area contributed by atoms with E-state index < -0.39 is 17.9 Å². The molecule has 5 nitrogen and oxygen atoms in total. The molecule has 1 aromatic carbocycles. The molecule has 0 unspecified atom stereocenters. The van der Waals surface area contributed by atoms with Crippen LogP contribution >= 0.6 is 34.8 Å². The number of carboxylic acids is 1. The Labute approximate surface area is 124 Å². The molecule has 0 radical (unpaired) electrons. The maximum absolute atomic E-state index is 11.8. The van der Waals surface area contributed by atoms with Crippen molar-refractivity contribution in [2.45, 2.75) is 0 Å². The third-order valence-corrected chi connectivity index (χ3v) is 3.57. The summed E-state index contributed by atoms with van der Waals surface area (Å²) < 4.78 is 0. The molecule has 2 N–H and O–H groups in total. The summed E-state index contributed by atoms with van der Waals surface area (Å²) in [6, 6.07) is 2.48. The molecule has 0 bridgehead atoms. The largest absolute Gasteiger partial charge is 0.481 e. The lowest BCUT2D eigenvalue weighted by Gasteiger charge is -2.36. The van der Waals surface area contributed by atoms with Crippen molar-refractivity contribution >= 4 is 52.5 Å². The standard InChI is InChI=1S/C11H9Cl3N2O3/c12-6-1-7(13)9(8(14)2-6)15-11(19)16-3-5(4-16)10(17)18/h1-2,5H,3-4H2,(H,15,19)(H,17,18). The molecular weight excluding hydrogens is 314 g/mol. The minimum absolute atomic E-state index is 0.171. The summed E-state index contributed by atoms with van der Waals surface area (Å²) >= 11 is 17.6. The van der Waals surface area contributed by atoms with Crippen LogP contribution in [0.4, 0.5) is 10.5 Å². The van der Waals surface area contributed by atoms with Gasteiger partial charge < -0.3 is 15.3 Å². The Morgan fingerprint density at radius 3 is 2.21 bits per heavy atom. The van der Waals surface area contributed by atoms with Crippen molar-refractivity contribution in [1.82, 2.24) is 4.90 Å². The van der Waals surface area contributed by atoms with Gasteiger partial charge in [-0.25, -0.2) is 4.79 Å². The fourth-order valence-electron chi connectivity index (χ4n) is 1.65. The summed E-state index contributed by atoms with van der Waals surface area (Å²) in [6.45, 7) is 0.341. The number of hydrogen-bond donors (Lipinski definition) is 2. The number of urea groups is 1. The molecule has 0 aliphatic carbocycles. The fourth-order valence-corrected chi connectivity index (χ4v) is 2.56. The molecular formula is C11H9Cl3N2O3. The molecule has 19 heavy (non-hydrogen) atoms. The summed E-state index contributed by atoms with van der Waals surface area (Å²) in [5.74, 6) is -1.42. The van der Waals surface area contributed by atoms with Crippen LogP contribution in [-0.4, -0.2) is 35.1 Å². The van der Waals surface area contributed by atoms with E-state index in [1.807, 2.05) is 0 Å².